The van der Waals surface area contributed by atoms with Crippen LogP contribution in [0.3, 0.4) is 0 Å². The van der Waals surface area contributed by atoms with Crippen molar-refractivity contribution in [2.75, 3.05) is 13.1 Å². The Morgan fingerprint density at radius 3 is 3.19 bits per heavy atom. The zero-order valence-corrected chi connectivity index (χ0v) is 9.39. The van der Waals surface area contributed by atoms with Gasteiger partial charge in [-0.2, -0.15) is 0 Å². The number of nitrogens with one attached hydrogen (secondary N) is 1. The van der Waals surface area contributed by atoms with Crippen molar-refractivity contribution in [3.05, 3.63) is 35.3 Å². The molecule has 0 spiro atoms. The Labute approximate surface area is 93.9 Å². The topological polar surface area (TPSA) is 32.4 Å². The van der Waals surface area contributed by atoms with Gasteiger partial charge in [-0.3, -0.25) is 0 Å². The van der Waals surface area contributed by atoms with Crippen LogP contribution in [0.4, 0.5) is 4.39 Å². The molecule has 3 rings (SSSR count). The van der Waals surface area contributed by atoms with Crippen LogP contribution >= 0.6 is 0 Å². The molecule has 16 heavy (non-hydrogen) atoms. The van der Waals surface area contributed by atoms with Gasteiger partial charge in [0.05, 0.1) is 13.1 Å². The van der Waals surface area contributed by atoms with Crippen LogP contribution in [0.15, 0.2) is 18.2 Å². The third kappa shape index (κ3) is 1.43. The van der Waals surface area contributed by atoms with Gasteiger partial charge in [0, 0.05) is 28.9 Å². The fourth-order valence-electron chi connectivity index (χ4n) is 2.67. The van der Waals surface area contributed by atoms with E-state index < -0.39 is 0 Å². The lowest BCUT2D eigenvalue weighted by molar-refractivity contribution is -0.655. The first-order chi connectivity index (χ1) is 7.75. The molecule has 0 radical (unpaired) electrons. The van der Waals surface area contributed by atoms with Gasteiger partial charge in [0.2, 0.25) is 0 Å². The van der Waals surface area contributed by atoms with Crippen molar-refractivity contribution < 1.29 is 9.71 Å². The summed E-state index contributed by atoms with van der Waals surface area (Å²) in [7, 11) is 0. The number of benzene rings is 1. The predicted molar refractivity (Wildman–Crippen MR) is 62.0 cm³/mol. The van der Waals surface area contributed by atoms with E-state index in [1.807, 2.05) is 6.07 Å². The number of fused-ring (bicyclic) bond motifs is 3. The smallest absolute Gasteiger partial charge is 0.125 e. The molecule has 1 aromatic carbocycles. The Morgan fingerprint density at radius 1 is 1.44 bits per heavy atom. The molecule has 3 heteroatoms. The van der Waals surface area contributed by atoms with E-state index in [1.165, 1.54) is 16.6 Å². The average Bonchev–Trinajstić information content (AvgIpc) is 2.52. The summed E-state index contributed by atoms with van der Waals surface area (Å²) >= 11 is 0. The molecule has 2 heterocycles. The largest absolute Gasteiger partial charge is 0.358 e. The summed E-state index contributed by atoms with van der Waals surface area (Å²) in [4.78, 5) is 3.39. The van der Waals surface area contributed by atoms with Crippen LogP contribution in [-0.4, -0.2) is 18.1 Å². The first-order valence-corrected chi connectivity index (χ1v) is 5.87. The van der Waals surface area contributed by atoms with E-state index in [9.17, 15) is 4.39 Å². The fraction of sp³-hybridized carbons (Fsp3) is 0.385. The molecule has 0 amide bonds. The van der Waals surface area contributed by atoms with Gasteiger partial charge in [-0.25, -0.2) is 4.39 Å². The van der Waals surface area contributed by atoms with Crippen molar-refractivity contribution in [3.8, 4) is 0 Å². The zero-order valence-electron chi connectivity index (χ0n) is 9.39. The highest BCUT2D eigenvalue weighted by molar-refractivity contribution is 5.85. The van der Waals surface area contributed by atoms with Gasteiger partial charge in [0.15, 0.2) is 0 Å². The highest BCUT2D eigenvalue weighted by Crippen LogP contribution is 2.28. The molecule has 84 valence electrons. The first-order valence-electron chi connectivity index (χ1n) is 5.87. The number of hydrogen-bond donors (Lipinski definition) is 2. The summed E-state index contributed by atoms with van der Waals surface area (Å²) in [6, 6.07) is 5.05. The quantitative estimate of drug-likeness (QED) is 0.673. The van der Waals surface area contributed by atoms with Crippen LogP contribution in [-0.2, 0) is 6.42 Å². The van der Waals surface area contributed by atoms with Crippen LogP contribution < -0.4 is 5.32 Å². The third-order valence-electron chi connectivity index (χ3n) is 3.51. The zero-order chi connectivity index (χ0) is 11.1. The molecule has 0 saturated heterocycles. The number of rotatable bonds is 0. The third-order valence-corrected chi connectivity index (χ3v) is 3.51. The number of quaternary nitrogens is 1. The number of H-pyrrole nitrogens is 1. The van der Waals surface area contributed by atoms with Gasteiger partial charge in [0.1, 0.15) is 5.82 Å². The van der Waals surface area contributed by atoms with Crippen LogP contribution in [0.5, 0.6) is 0 Å². The summed E-state index contributed by atoms with van der Waals surface area (Å²) in [5.74, 6) is 0.357. The van der Waals surface area contributed by atoms with Crippen molar-refractivity contribution in [2.45, 2.75) is 19.3 Å². The van der Waals surface area contributed by atoms with Crippen LogP contribution in [0.1, 0.15) is 24.1 Å². The minimum Gasteiger partial charge on any atom is -0.358 e. The summed E-state index contributed by atoms with van der Waals surface area (Å²) in [6.45, 7) is 4.47. The van der Waals surface area contributed by atoms with Gasteiger partial charge in [-0.05, 0) is 23.8 Å². The molecule has 0 saturated carbocycles. The van der Waals surface area contributed by atoms with E-state index in [2.05, 4.69) is 17.2 Å². The first kappa shape index (κ1) is 9.85. The Hall–Kier alpha value is -1.35. The molecular weight excluding hydrogens is 203 g/mol. The SMILES string of the molecule is C[C@H]1C[NH2+]CCc2c1[nH]c1cc(F)ccc21. The minimum atomic E-state index is -0.164. The lowest BCUT2D eigenvalue weighted by Crippen LogP contribution is -2.85. The maximum atomic E-state index is 13.2. The number of halogens is 1. The van der Waals surface area contributed by atoms with E-state index in [-0.39, 0.29) is 5.82 Å². The maximum absolute atomic E-state index is 13.2. The standard InChI is InChI=1S/C13H15FN2/c1-8-7-15-5-4-11-10-3-2-9(14)6-12(10)16-13(8)11/h2-3,6,8,15-16H,4-5,7H2,1H3/p+1/t8-/m0/s1. The van der Waals surface area contributed by atoms with Gasteiger partial charge in [0.25, 0.3) is 0 Å². The highest BCUT2D eigenvalue weighted by Gasteiger charge is 2.21. The van der Waals surface area contributed by atoms with Crippen molar-refractivity contribution in [1.82, 2.24) is 4.98 Å². The van der Waals surface area contributed by atoms with E-state index in [0.717, 1.165) is 25.0 Å². The molecule has 0 fully saturated rings. The van der Waals surface area contributed by atoms with Gasteiger partial charge < -0.3 is 10.3 Å². The molecule has 0 bridgehead atoms. The molecule has 0 aliphatic carbocycles. The van der Waals surface area contributed by atoms with Gasteiger partial charge in [-0.15, -0.1) is 0 Å². The maximum Gasteiger partial charge on any atom is 0.125 e. The molecule has 3 N–H and O–H groups in total. The van der Waals surface area contributed by atoms with Crippen LogP contribution in [0, 0.1) is 5.82 Å². The molecule has 2 nitrogen and oxygen atoms in total. The van der Waals surface area contributed by atoms with E-state index in [1.54, 1.807) is 12.1 Å². The Bertz CT molecular complexity index is 530. The molecule has 1 aromatic heterocycles. The van der Waals surface area contributed by atoms with E-state index in [4.69, 9.17) is 0 Å². The molecule has 1 aliphatic heterocycles. The molecule has 0 unspecified atom stereocenters. The minimum absolute atomic E-state index is 0.164. The lowest BCUT2D eigenvalue weighted by atomic mass is 10.0. The summed E-state index contributed by atoms with van der Waals surface area (Å²) < 4.78 is 13.2. The summed E-state index contributed by atoms with van der Waals surface area (Å²) in [5, 5.41) is 3.55. The average molecular weight is 219 g/mol. The Balaban J connectivity index is 2.25. The second-order valence-corrected chi connectivity index (χ2v) is 4.67. The van der Waals surface area contributed by atoms with E-state index >= 15 is 0 Å². The second kappa shape index (κ2) is 3.59. The Kier molecular flexibility index (Phi) is 2.21. The fourth-order valence-corrected chi connectivity index (χ4v) is 2.67. The summed E-state index contributed by atoms with van der Waals surface area (Å²) in [6.07, 6.45) is 1.07. The Morgan fingerprint density at radius 2 is 2.31 bits per heavy atom. The van der Waals surface area contributed by atoms with Crippen LogP contribution in [0.2, 0.25) is 0 Å². The lowest BCUT2D eigenvalue weighted by Gasteiger charge is -2.04. The van der Waals surface area contributed by atoms with Crippen molar-refractivity contribution in [2.24, 2.45) is 0 Å². The number of aromatic amines is 1. The molecule has 1 atom stereocenters. The number of nitrogens with two attached hydrogens (primary N) is 1. The van der Waals surface area contributed by atoms with E-state index in [0.29, 0.717) is 5.92 Å². The number of hydrogen-bond acceptors (Lipinski definition) is 0. The molecule has 2 aromatic rings. The number of aromatic nitrogens is 1. The van der Waals surface area contributed by atoms with Crippen LogP contribution in [0.25, 0.3) is 10.9 Å². The van der Waals surface area contributed by atoms with Gasteiger partial charge >= 0.3 is 0 Å². The van der Waals surface area contributed by atoms with Crippen molar-refractivity contribution in [3.63, 3.8) is 0 Å². The second-order valence-electron chi connectivity index (χ2n) is 4.67. The highest BCUT2D eigenvalue weighted by atomic mass is 19.1. The van der Waals surface area contributed by atoms with Crippen molar-refractivity contribution in [1.29, 1.82) is 0 Å². The van der Waals surface area contributed by atoms with Gasteiger partial charge in [-0.1, -0.05) is 6.92 Å². The normalized spacial score (nSPS) is 20.8. The molecule has 1 aliphatic rings. The summed E-state index contributed by atoms with van der Waals surface area (Å²) in [5.41, 5.74) is 3.63. The van der Waals surface area contributed by atoms with Crippen molar-refractivity contribution >= 4 is 10.9 Å². The monoisotopic (exact) mass is 219 g/mol. The predicted octanol–water partition coefficient (Wildman–Crippen LogP) is 1.53. The molecular formula is C13H16FN2+.